The Morgan fingerprint density at radius 1 is 1.27 bits per heavy atom. The average molecular weight is 207 g/mol. The van der Waals surface area contributed by atoms with Gasteiger partial charge < -0.3 is 10.4 Å². The summed E-state index contributed by atoms with van der Waals surface area (Å²) in [6, 6.07) is 6.60. The molecule has 4 nitrogen and oxygen atoms in total. The lowest BCUT2D eigenvalue weighted by Crippen LogP contribution is -2.24. The largest absolute Gasteiger partial charge is 0.465 e. The highest BCUT2D eigenvalue weighted by atomic mass is 16.4. The normalized spacial score (nSPS) is 11.9. The standard InChI is InChI=1S/C11H13NO3/c1-7(12-11(14)15)9-3-5-10(6-4-9)8(2)13/h3-7,12H,1-2H3,(H,14,15). The van der Waals surface area contributed by atoms with Gasteiger partial charge in [0, 0.05) is 5.56 Å². The van der Waals surface area contributed by atoms with Crippen molar-refractivity contribution < 1.29 is 14.7 Å². The number of benzene rings is 1. The number of Topliss-reactive ketones (excluding diaryl/α,β-unsaturated/α-hetero) is 1. The van der Waals surface area contributed by atoms with E-state index < -0.39 is 6.09 Å². The van der Waals surface area contributed by atoms with Crippen LogP contribution in [-0.4, -0.2) is 17.0 Å². The van der Waals surface area contributed by atoms with Gasteiger partial charge in [-0.15, -0.1) is 0 Å². The van der Waals surface area contributed by atoms with Crippen LogP contribution in [0.4, 0.5) is 4.79 Å². The molecule has 0 bridgehead atoms. The van der Waals surface area contributed by atoms with E-state index in [9.17, 15) is 9.59 Å². The summed E-state index contributed by atoms with van der Waals surface area (Å²) in [6.07, 6.45) is -1.06. The van der Waals surface area contributed by atoms with Gasteiger partial charge in [0.05, 0.1) is 6.04 Å². The first-order chi connectivity index (χ1) is 7.00. The lowest BCUT2D eigenvalue weighted by atomic mass is 10.0. The zero-order chi connectivity index (χ0) is 11.4. The third kappa shape index (κ3) is 3.09. The summed E-state index contributed by atoms with van der Waals surface area (Å²) >= 11 is 0. The maximum Gasteiger partial charge on any atom is 0.405 e. The Kier molecular flexibility index (Phi) is 3.44. The molecule has 4 heteroatoms. The van der Waals surface area contributed by atoms with Crippen molar-refractivity contribution in [1.29, 1.82) is 0 Å². The summed E-state index contributed by atoms with van der Waals surface area (Å²) in [5.41, 5.74) is 1.46. The van der Waals surface area contributed by atoms with Crippen molar-refractivity contribution in [1.82, 2.24) is 5.32 Å². The number of carboxylic acid groups (broad SMARTS) is 1. The molecule has 1 aromatic carbocycles. The van der Waals surface area contributed by atoms with Gasteiger partial charge in [-0.2, -0.15) is 0 Å². The number of rotatable bonds is 3. The highest BCUT2D eigenvalue weighted by Gasteiger charge is 2.08. The molecule has 0 fully saturated rings. The Morgan fingerprint density at radius 2 is 1.80 bits per heavy atom. The summed E-state index contributed by atoms with van der Waals surface area (Å²) < 4.78 is 0. The zero-order valence-corrected chi connectivity index (χ0v) is 8.65. The molecule has 80 valence electrons. The van der Waals surface area contributed by atoms with E-state index in [-0.39, 0.29) is 11.8 Å². The zero-order valence-electron chi connectivity index (χ0n) is 8.65. The van der Waals surface area contributed by atoms with Crippen LogP contribution < -0.4 is 5.32 Å². The molecule has 15 heavy (non-hydrogen) atoms. The lowest BCUT2D eigenvalue weighted by molar-refractivity contribution is 0.101. The number of carbonyl (C=O) groups is 2. The third-order valence-corrected chi connectivity index (χ3v) is 2.16. The summed E-state index contributed by atoms with van der Waals surface area (Å²) in [4.78, 5) is 21.4. The molecule has 1 atom stereocenters. The Labute approximate surface area is 87.9 Å². The SMILES string of the molecule is CC(=O)c1ccc(C(C)NC(=O)O)cc1. The summed E-state index contributed by atoms with van der Waals surface area (Å²) in [5.74, 6) is 0.000367. The average Bonchev–Trinajstić information content (AvgIpc) is 2.17. The van der Waals surface area contributed by atoms with Crippen molar-refractivity contribution in [2.45, 2.75) is 19.9 Å². The van der Waals surface area contributed by atoms with Crippen LogP contribution in [0.5, 0.6) is 0 Å². The van der Waals surface area contributed by atoms with Crippen LogP contribution in [0, 0.1) is 0 Å². The number of carbonyl (C=O) groups excluding carboxylic acids is 1. The molecular formula is C11H13NO3. The van der Waals surface area contributed by atoms with Gasteiger partial charge in [-0.3, -0.25) is 4.79 Å². The minimum Gasteiger partial charge on any atom is -0.465 e. The van der Waals surface area contributed by atoms with Crippen molar-refractivity contribution in [3.63, 3.8) is 0 Å². The highest BCUT2D eigenvalue weighted by Crippen LogP contribution is 2.13. The van der Waals surface area contributed by atoms with Gasteiger partial charge in [-0.05, 0) is 19.4 Å². The number of nitrogens with one attached hydrogen (secondary N) is 1. The number of ketones is 1. The Bertz CT molecular complexity index is 370. The van der Waals surface area contributed by atoms with Crippen molar-refractivity contribution in [3.05, 3.63) is 35.4 Å². The predicted octanol–water partition coefficient (Wildman–Crippen LogP) is 2.22. The van der Waals surface area contributed by atoms with E-state index in [1.165, 1.54) is 6.92 Å². The molecule has 1 unspecified atom stereocenters. The van der Waals surface area contributed by atoms with Crippen molar-refractivity contribution in [2.24, 2.45) is 0 Å². The van der Waals surface area contributed by atoms with Gasteiger partial charge >= 0.3 is 6.09 Å². The minimum atomic E-state index is -1.06. The number of hydrogen-bond donors (Lipinski definition) is 2. The molecule has 0 aliphatic rings. The first-order valence-corrected chi connectivity index (χ1v) is 4.61. The van der Waals surface area contributed by atoms with E-state index >= 15 is 0 Å². The van der Waals surface area contributed by atoms with Gasteiger partial charge in [0.25, 0.3) is 0 Å². The molecule has 1 rings (SSSR count). The van der Waals surface area contributed by atoms with Crippen LogP contribution in [0.25, 0.3) is 0 Å². The Hall–Kier alpha value is -1.84. The highest BCUT2D eigenvalue weighted by molar-refractivity contribution is 5.94. The molecular weight excluding hydrogens is 194 g/mol. The maximum absolute atomic E-state index is 11.0. The molecule has 0 aliphatic heterocycles. The fraction of sp³-hybridized carbons (Fsp3) is 0.273. The van der Waals surface area contributed by atoms with Gasteiger partial charge in [-0.25, -0.2) is 4.79 Å². The van der Waals surface area contributed by atoms with Crippen LogP contribution in [0.2, 0.25) is 0 Å². The second kappa shape index (κ2) is 4.59. The van der Waals surface area contributed by atoms with Crippen LogP contribution in [0.1, 0.15) is 35.8 Å². The van der Waals surface area contributed by atoms with E-state index in [4.69, 9.17) is 5.11 Å². The number of amides is 1. The van der Waals surface area contributed by atoms with Crippen molar-refractivity contribution in [3.8, 4) is 0 Å². The van der Waals surface area contributed by atoms with Crippen LogP contribution in [-0.2, 0) is 0 Å². The topological polar surface area (TPSA) is 66.4 Å². The quantitative estimate of drug-likeness (QED) is 0.747. The van der Waals surface area contributed by atoms with E-state index in [0.29, 0.717) is 5.56 Å². The van der Waals surface area contributed by atoms with Crippen molar-refractivity contribution >= 4 is 11.9 Å². The first kappa shape index (κ1) is 11.2. The Morgan fingerprint density at radius 3 is 2.20 bits per heavy atom. The molecule has 1 amide bonds. The molecule has 0 heterocycles. The maximum atomic E-state index is 11.0. The predicted molar refractivity (Wildman–Crippen MR) is 56.0 cm³/mol. The summed E-state index contributed by atoms with van der Waals surface area (Å²) in [5, 5.41) is 10.9. The third-order valence-electron chi connectivity index (χ3n) is 2.16. The van der Waals surface area contributed by atoms with E-state index in [1.807, 2.05) is 0 Å². The van der Waals surface area contributed by atoms with Crippen molar-refractivity contribution in [2.75, 3.05) is 0 Å². The van der Waals surface area contributed by atoms with Gasteiger partial charge in [-0.1, -0.05) is 24.3 Å². The van der Waals surface area contributed by atoms with Crippen LogP contribution in [0.3, 0.4) is 0 Å². The summed E-state index contributed by atoms with van der Waals surface area (Å²) in [6.45, 7) is 3.24. The smallest absolute Gasteiger partial charge is 0.405 e. The van der Waals surface area contributed by atoms with E-state index in [0.717, 1.165) is 5.56 Å². The molecule has 0 saturated carbocycles. The van der Waals surface area contributed by atoms with Gasteiger partial charge in [0.1, 0.15) is 0 Å². The van der Waals surface area contributed by atoms with E-state index in [1.54, 1.807) is 31.2 Å². The lowest BCUT2D eigenvalue weighted by Gasteiger charge is -2.11. The van der Waals surface area contributed by atoms with Gasteiger partial charge in [0.2, 0.25) is 0 Å². The van der Waals surface area contributed by atoms with E-state index in [2.05, 4.69) is 5.32 Å². The second-order valence-corrected chi connectivity index (χ2v) is 3.35. The minimum absolute atomic E-state index is 0.000367. The molecule has 0 aromatic heterocycles. The molecule has 0 aliphatic carbocycles. The molecule has 1 aromatic rings. The fourth-order valence-electron chi connectivity index (χ4n) is 1.28. The van der Waals surface area contributed by atoms with Crippen LogP contribution in [0.15, 0.2) is 24.3 Å². The molecule has 2 N–H and O–H groups in total. The van der Waals surface area contributed by atoms with Crippen LogP contribution >= 0.6 is 0 Å². The molecule has 0 saturated heterocycles. The second-order valence-electron chi connectivity index (χ2n) is 3.35. The van der Waals surface area contributed by atoms with Gasteiger partial charge in [0.15, 0.2) is 5.78 Å². The molecule has 0 radical (unpaired) electrons. The first-order valence-electron chi connectivity index (χ1n) is 4.61. The molecule has 0 spiro atoms. The summed E-state index contributed by atoms with van der Waals surface area (Å²) in [7, 11) is 0. The number of hydrogen-bond acceptors (Lipinski definition) is 2. The fourth-order valence-corrected chi connectivity index (χ4v) is 1.28. The Balaban J connectivity index is 2.79. The monoisotopic (exact) mass is 207 g/mol.